The number of carbonyl (C=O) groups excluding carboxylic acids is 4. The van der Waals surface area contributed by atoms with Gasteiger partial charge in [-0.2, -0.15) is 0 Å². The number of Topliss-reactive ketones (excluding diaryl/α,β-unsaturated/α-hetero) is 1. The van der Waals surface area contributed by atoms with Gasteiger partial charge in [0.2, 0.25) is 17.7 Å². The Bertz CT molecular complexity index is 791. The van der Waals surface area contributed by atoms with Gasteiger partial charge in [0.05, 0.1) is 18.0 Å². The predicted octanol–water partition coefficient (Wildman–Crippen LogP) is 3.16. The van der Waals surface area contributed by atoms with Crippen LogP contribution in [0.15, 0.2) is 0 Å². The van der Waals surface area contributed by atoms with Gasteiger partial charge >= 0.3 is 0 Å². The number of carbonyl (C=O) groups is 4. The lowest BCUT2D eigenvalue weighted by molar-refractivity contribution is -0.143. The van der Waals surface area contributed by atoms with Gasteiger partial charge in [-0.1, -0.05) is 33.6 Å². The number of unbranched alkanes of at least 4 members (excludes halogenated alkanes) is 3. The lowest BCUT2D eigenvalue weighted by Gasteiger charge is -2.30. The maximum absolute atomic E-state index is 12.8. The molecule has 2 atom stereocenters. The summed E-state index contributed by atoms with van der Waals surface area (Å²) in [4.78, 5) is 55.5. The number of rotatable bonds is 17. The minimum absolute atomic E-state index is 0.0461. The Labute approximate surface area is 234 Å². The monoisotopic (exact) mass is 556 g/mol. The number of hydrogen-bond donors (Lipinski definition) is 1. The summed E-state index contributed by atoms with van der Waals surface area (Å²) in [5.74, 6) is 0.625. The second-order valence-electron chi connectivity index (χ2n) is 12.5. The highest BCUT2D eigenvalue weighted by molar-refractivity contribution is 8.00. The zero-order chi connectivity index (χ0) is 29.1. The van der Waals surface area contributed by atoms with Crippen LogP contribution in [0.5, 0.6) is 0 Å². The first-order valence-corrected chi connectivity index (χ1v) is 14.8. The molecule has 1 rings (SSSR count). The summed E-state index contributed by atoms with van der Waals surface area (Å²) in [7, 11) is 5.72. The molecule has 0 saturated carbocycles. The number of imide groups is 1. The number of thioether (sulfide) groups is 1. The van der Waals surface area contributed by atoms with Crippen LogP contribution in [0.1, 0.15) is 80.1 Å². The number of ketones is 1. The van der Waals surface area contributed by atoms with Crippen LogP contribution < -0.4 is 5.32 Å². The van der Waals surface area contributed by atoms with E-state index < -0.39 is 17.0 Å². The summed E-state index contributed by atoms with van der Waals surface area (Å²) < 4.78 is 5.83. The van der Waals surface area contributed by atoms with Crippen LogP contribution in [0.2, 0.25) is 0 Å². The molecule has 3 amide bonds. The van der Waals surface area contributed by atoms with Gasteiger partial charge in [0.15, 0.2) is 0 Å². The van der Waals surface area contributed by atoms with E-state index in [1.54, 1.807) is 11.8 Å². The number of nitrogens with zero attached hydrogens (tertiary/aromatic N) is 3. The lowest BCUT2D eigenvalue weighted by Crippen LogP contribution is -2.49. The Kier molecular flexibility index (Phi) is 14.5. The molecule has 0 aromatic rings. The van der Waals surface area contributed by atoms with E-state index in [-0.39, 0.29) is 41.9 Å². The molecule has 10 heteroatoms. The SMILES string of the molecule is CN(C)CCNC(=O)C(CC(=O)C(C)(C)C)N(C)COCCCCCCSC1CC(=O)N(C(C)(C)C)C1=O. The van der Waals surface area contributed by atoms with Gasteiger partial charge in [-0.15, -0.1) is 11.8 Å². The highest BCUT2D eigenvalue weighted by atomic mass is 32.2. The van der Waals surface area contributed by atoms with Gasteiger partial charge in [0.1, 0.15) is 5.78 Å². The van der Waals surface area contributed by atoms with Crippen molar-refractivity contribution in [2.24, 2.45) is 5.41 Å². The number of amides is 3. The van der Waals surface area contributed by atoms with Crippen molar-refractivity contribution in [1.82, 2.24) is 20.0 Å². The molecular weight excluding hydrogens is 504 g/mol. The van der Waals surface area contributed by atoms with Gasteiger partial charge < -0.3 is 15.0 Å². The smallest absolute Gasteiger partial charge is 0.243 e. The first-order valence-electron chi connectivity index (χ1n) is 13.8. The van der Waals surface area contributed by atoms with Crippen molar-refractivity contribution >= 4 is 35.3 Å². The Morgan fingerprint density at radius 3 is 2.24 bits per heavy atom. The van der Waals surface area contributed by atoms with Crippen molar-refractivity contribution in [2.45, 2.75) is 96.9 Å². The van der Waals surface area contributed by atoms with Crippen molar-refractivity contribution < 1.29 is 23.9 Å². The van der Waals surface area contributed by atoms with E-state index in [9.17, 15) is 19.2 Å². The molecule has 0 aromatic heterocycles. The van der Waals surface area contributed by atoms with Crippen LogP contribution in [-0.2, 0) is 23.9 Å². The maximum atomic E-state index is 12.8. The zero-order valence-corrected chi connectivity index (χ0v) is 26.0. The molecule has 1 saturated heterocycles. The molecule has 1 heterocycles. The van der Waals surface area contributed by atoms with Crippen LogP contribution >= 0.6 is 11.8 Å². The van der Waals surface area contributed by atoms with Gasteiger partial charge in [0, 0.05) is 43.5 Å². The summed E-state index contributed by atoms with van der Waals surface area (Å²) in [6.07, 6.45) is 4.38. The number of likely N-dealkylation sites (tertiary alicyclic amines) is 1. The minimum atomic E-state index is -0.569. The Hall–Kier alpha value is -1.49. The average Bonchev–Trinajstić information content (AvgIpc) is 3.07. The van der Waals surface area contributed by atoms with E-state index in [2.05, 4.69) is 5.32 Å². The van der Waals surface area contributed by atoms with Crippen LogP contribution in [0.25, 0.3) is 0 Å². The van der Waals surface area contributed by atoms with E-state index in [0.717, 1.165) is 38.0 Å². The predicted molar refractivity (Wildman–Crippen MR) is 154 cm³/mol. The van der Waals surface area contributed by atoms with Crippen molar-refractivity contribution in [3.8, 4) is 0 Å². The quantitative estimate of drug-likeness (QED) is 0.166. The third-order valence-corrected chi connectivity index (χ3v) is 7.78. The third-order valence-electron chi connectivity index (χ3n) is 6.48. The first kappa shape index (κ1) is 34.5. The molecule has 1 N–H and O–H groups in total. The summed E-state index contributed by atoms with van der Waals surface area (Å²) in [5, 5.41) is 2.69. The number of likely N-dealkylation sites (N-methyl/N-ethyl adjacent to an activating group) is 2. The van der Waals surface area contributed by atoms with E-state index >= 15 is 0 Å². The molecule has 0 bridgehead atoms. The lowest BCUT2D eigenvalue weighted by atomic mass is 9.86. The zero-order valence-electron chi connectivity index (χ0n) is 25.2. The van der Waals surface area contributed by atoms with Crippen molar-refractivity contribution in [3.63, 3.8) is 0 Å². The standard InChI is InChI=1S/C28H52N4O5S/c1-27(2,3)23(33)18-21(25(35)29-14-15-30(7)8)31(9)20-37-16-12-10-11-13-17-38-22-19-24(34)32(26(22)36)28(4,5)6/h21-22H,10-20H2,1-9H3,(H,29,35). The fourth-order valence-electron chi connectivity index (χ4n) is 4.07. The molecule has 0 aromatic carbocycles. The average molecular weight is 557 g/mol. The molecule has 0 spiro atoms. The largest absolute Gasteiger partial charge is 0.366 e. The molecule has 2 unspecified atom stereocenters. The molecule has 9 nitrogen and oxygen atoms in total. The Morgan fingerprint density at radius 1 is 1.05 bits per heavy atom. The summed E-state index contributed by atoms with van der Waals surface area (Å²) in [6, 6.07) is -0.569. The molecule has 220 valence electrons. The summed E-state index contributed by atoms with van der Waals surface area (Å²) in [5.41, 5.74) is -0.968. The fourth-order valence-corrected chi connectivity index (χ4v) is 5.24. The first-order chi connectivity index (χ1) is 17.6. The highest BCUT2D eigenvalue weighted by Gasteiger charge is 2.44. The van der Waals surface area contributed by atoms with E-state index in [4.69, 9.17) is 4.74 Å². The molecule has 38 heavy (non-hydrogen) atoms. The van der Waals surface area contributed by atoms with E-state index in [0.29, 0.717) is 19.6 Å². The maximum Gasteiger partial charge on any atom is 0.243 e. The molecule has 1 aliphatic rings. The highest BCUT2D eigenvalue weighted by Crippen LogP contribution is 2.31. The Morgan fingerprint density at radius 2 is 1.68 bits per heavy atom. The number of hydrogen-bond acceptors (Lipinski definition) is 8. The topological polar surface area (TPSA) is 99.3 Å². The second-order valence-corrected chi connectivity index (χ2v) is 13.8. The number of nitrogens with one attached hydrogen (secondary N) is 1. The molecule has 1 fully saturated rings. The van der Waals surface area contributed by atoms with Crippen molar-refractivity contribution in [3.05, 3.63) is 0 Å². The second kappa shape index (κ2) is 15.9. The van der Waals surface area contributed by atoms with Crippen LogP contribution in [0, 0.1) is 5.41 Å². The van der Waals surface area contributed by atoms with Crippen LogP contribution in [-0.4, -0.2) is 108 Å². The van der Waals surface area contributed by atoms with Gasteiger partial charge in [-0.25, -0.2) is 0 Å². The molecule has 0 radical (unpaired) electrons. The molecular formula is C28H52N4O5S. The molecule has 0 aliphatic carbocycles. The minimum Gasteiger partial charge on any atom is -0.366 e. The Balaban J connectivity index is 2.33. The summed E-state index contributed by atoms with van der Waals surface area (Å²) >= 11 is 1.59. The van der Waals surface area contributed by atoms with Crippen molar-refractivity contribution in [1.29, 1.82) is 0 Å². The third kappa shape index (κ3) is 12.1. The molecule has 1 aliphatic heterocycles. The van der Waals surface area contributed by atoms with Crippen LogP contribution in [0.3, 0.4) is 0 Å². The van der Waals surface area contributed by atoms with E-state index in [1.807, 2.05) is 72.5 Å². The van der Waals surface area contributed by atoms with Gasteiger partial charge in [-0.3, -0.25) is 29.0 Å². The summed E-state index contributed by atoms with van der Waals surface area (Å²) in [6.45, 7) is 13.4. The van der Waals surface area contributed by atoms with Crippen molar-refractivity contribution in [2.75, 3.05) is 53.3 Å². The normalized spacial score (nSPS) is 17.6. The van der Waals surface area contributed by atoms with Crippen LogP contribution in [0.4, 0.5) is 0 Å². The van der Waals surface area contributed by atoms with Gasteiger partial charge in [-0.05, 0) is 60.5 Å². The van der Waals surface area contributed by atoms with Gasteiger partial charge in [0.25, 0.3) is 0 Å². The fraction of sp³-hybridized carbons (Fsp3) is 0.857. The number of ether oxygens (including phenoxy) is 1. The van der Waals surface area contributed by atoms with E-state index in [1.165, 1.54) is 4.90 Å².